The van der Waals surface area contributed by atoms with Gasteiger partial charge in [-0.05, 0) is 35.0 Å². The highest BCUT2D eigenvalue weighted by Gasteiger charge is 2.85. The summed E-state index contributed by atoms with van der Waals surface area (Å²) >= 11 is 0. The Kier molecular flexibility index (Phi) is 2.28. The maximum atomic E-state index is 13.3. The Morgan fingerprint density at radius 1 is 0.800 bits per heavy atom. The van der Waals surface area contributed by atoms with Gasteiger partial charge in [0.05, 0.1) is 9.35 Å². The molecule has 25 heavy (non-hydrogen) atoms. The number of pyridine rings is 2. The maximum Gasteiger partial charge on any atom is 0.383 e. The summed E-state index contributed by atoms with van der Waals surface area (Å²) in [5.41, 5.74) is 1.24. The predicted molar refractivity (Wildman–Crippen MR) is 84.6 cm³/mol. The van der Waals surface area contributed by atoms with Crippen molar-refractivity contribution in [2.45, 2.75) is 37.8 Å². The van der Waals surface area contributed by atoms with Gasteiger partial charge in [0.15, 0.2) is 0 Å². The highest BCUT2D eigenvalue weighted by atomic mass is 16.3. The summed E-state index contributed by atoms with van der Waals surface area (Å²) in [5, 5.41) is 3.82. The monoisotopic (exact) mass is 336 g/mol. The molecule has 0 aromatic carbocycles. The minimum atomic E-state index is -0.00277. The lowest BCUT2D eigenvalue weighted by molar-refractivity contribution is -1.10. The quantitative estimate of drug-likeness (QED) is 0.511. The molecule has 0 N–H and O–H groups in total. The summed E-state index contributed by atoms with van der Waals surface area (Å²) in [6.07, 6.45) is 7.88. The standard InChI is InChI=1S/C18H18N5O2/c24-17-15-9-3-5-11-19(15)23-20-12-6-4-10-16(20)18(25)22(23)14-8-2-1-7-13(14)21(17)23/h3-6,9-14H,1-2,7-8H2/q+3. The molecule has 7 heteroatoms. The first-order valence-electron chi connectivity index (χ1n) is 8.86. The van der Waals surface area contributed by atoms with E-state index in [2.05, 4.69) is 0 Å². The van der Waals surface area contributed by atoms with Gasteiger partial charge in [0.25, 0.3) is 0 Å². The first-order chi connectivity index (χ1) is 12.3. The van der Waals surface area contributed by atoms with Gasteiger partial charge in [0, 0.05) is 24.3 Å². The zero-order chi connectivity index (χ0) is 16.8. The number of fused-ring (bicyclic) bond motifs is 5. The van der Waals surface area contributed by atoms with Crippen molar-refractivity contribution in [3.63, 3.8) is 0 Å². The summed E-state index contributed by atoms with van der Waals surface area (Å²) in [4.78, 5) is 26.6. The minimum Gasteiger partial charge on any atom is -0.256 e. The van der Waals surface area contributed by atoms with Crippen molar-refractivity contribution in [2.24, 2.45) is 0 Å². The van der Waals surface area contributed by atoms with Crippen LogP contribution in [-0.4, -0.2) is 33.9 Å². The summed E-state index contributed by atoms with van der Waals surface area (Å²) in [6, 6.07) is 11.4. The summed E-state index contributed by atoms with van der Waals surface area (Å²) < 4.78 is 3.85. The number of aromatic nitrogens is 2. The van der Waals surface area contributed by atoms with E-state index in [1.165, 1.54) is 0 Å². The lowest BCUT2D eigenvalue weighted by Crippen LogP contribution is -2.92. The first kappa shape index (κ1) is 13.5. The van der Waals surface area contributed by atoms with Crippen LogP contribution in [0.4, 0.5) is 0 Å². The van der Waals surface area contributed by atoms with Crippen LogP contribution < -0.4 is 14.3 Å². The molecular weight excluding hydrogens is 318 g/mol. The number of nitrogens with zero attached hydrogens (tertiary/aromatic N) is 5. The summed E-state index contributed by atoms with van der Waals surface area (Å²) in [6.45, 7) is 0. The second kappa shape index (κ2) is 4.23. The molecule has 2 amide bonds. The molecule has 7 nitrogen and oxygen atoms in total. The maximum absolute atomic E-state index is 13.3. The van der Waals surface area contributed by atoms with E-state index in [4.69, 9.17) is 0 Å². The number of amides is 2. The summed E-state index contributed by atoms with van der Waals surface area (Å²) in [5.74, 6) is -0.00555. The molecule has 1 aliphatic carbocycles. The number of carbonyl (C=O) groups excluding carboxylic acids is 2. The van der Waals surface area contributed by atoms with E-state index in [0.29, 0.717) is 11.4 Å². The Balaban J connectivity index is 1.74. The molecule has 2 fully saturated rings. The van der Waals surface area contributed by atoms with Gasteiger partial charge in [0.2, 0.25) is 12.4 Å². The average molecular weight is 336 g/mol. The highest BCUT2D eigenvalue weighted by Crippen LogP contribution is 2.41. The Morgan fingerprint density at radius 3 is 1.76 bits per heavy atom. The normalized spacial score (nSPS) is 31.5. The molecule has 2 atom stereocenters. The molecule has 1 saturated carbocycles. The van der Waals surface area contributed by atoms with E-state index in [9.17, 15) is 9.59 Å². The third kappa shape index (κ3) is 1.28. The molecule has 2 aromatic rings. The second-order valence-corrected chi connectivity index (χ2v) is 7.12. The third-order valence-electron chi connectivity index (χ3n) is 6.01. The number of quaternary nitrogens is 1. The molecule has 4 aliphatic rings. The molecule has 2 aromatic heterocycles. The average Bonchev–Trinajstić information content (AvgIpc) is 3.20. The van der Waals surface area contributed by atoms with E-state index in [1.807, 2.05) is 68.2 Å². The van der Waals surface area contributed by atoms with E-state index < -0.39 is 0 Å². The number of hydrogen-bond donors (Lipinski definition) is 0. The zero-order valence-electron chi connectivity index (χ0n) is 13.7. The van der Waals surface area contributed by atoms with Gasteiger partial charge in [-0.1, -0.05) is 12.8 Å². The van der Waals surface area contributed by atoms with Crippen LogP contribution in [0.3, 0.4) is 0 Å². The molecule has 1 spiro atoms. The molecule has 0 radical (unpaired) electrons. The Hall–Kier alpha value is -2.80. The molecule has 124 valence electrons. The number of hydrogen-bond acceptors (Lipinski definition) is 2. The lowest BCUT2D eigenvalue weighted by atomic mass is 9.90. The third-order valence-corrected chi connectivity index (χ3v) is 6.01. The smallest absolute Gasteiger partial charge is 0.256 e. The SMILES string of the molecule is O=C1c2cccc[n+]2[N+]23N1C1CCCCC1N2C(=O)c1cccc[n+]13. The van der Waals surface area contributed by atoms with Crippen LogP contribution in [0.25, 0.3) is 0 Å². The lowest BCUT2D eigenvalue weighted by Gasteiger charge is -2.22. The molecule has 2 unspecified atom stereocenters. The topological polar surface area (TPSA) is 48.4 Å². The second-order valence-electron chi connectivity index (χ2n) is 7.12. The van der Waals surface area contributed by atoms with Crippen molar-refractivity contribution in [1.29, 1.82) is 0 Å². The van der Waals surface area contributed by atoms with Crippen LogP contribution in [0.1, 0.15) is 46.7 Å². The molecule has 5 heterocycles. The van der Waals surface area contributed by atoms with Gasteiger partial charge in [-0.15, -0.1) is 0 Å². The first-order valence-corrected chi connectivity index (χ1v) is 8.86. The van der Waals surface area contributed by atoms with Crippen LogP contribution in [0.2, 0.25) is 0 Å². The van der Waals surface area contributed by atoms with Gasteiger partial charge in [-0.2, -0.15) is 0 Å². The molecule has 1 saturated heterocycles. The van der Waals surface area contributed by atoms with Crippen LogP contribution in [-0.2, 0) is 0 Å². The Labute approximate surface area is 144 Å². The predicted octanol–water partition coefficient (Wildman–Crippen LogP) is 0.230. The molecular formula is C18H18N5O2+3. The van der Waals surface area contributed by atoms with Crippen LogP contribution in [0.15, 0.2) is 48.8 Å². The van der Waals surface area contributed by atoms with Crippen LogP contribution >= 0.6 is 0 Å². The van der Waals surface area contributed by atoms with E-state index in [1.54, 1.807) is 0 Å². The van der Waals surface area contributed by atoms with E-state index >= 15 is 0 Å². The van der Waals surface area contributed by atoms with E-state index in [-0.39, 0.29) is 28.8 Å². The van der Waals surface area contributed by atoms with Gasteiger partial charge >= 0.3 is 28.1 Å². The Bertz CT molecular complexity index is 880. The molecule has 3 aliphatic heterocycles. The van der Waals surface area contributed by atoms with Crippen molar-refractivity contribution in [3.05, 3.63) is 60.2 Å². The molecule has 0 bridgehead atoms. The van der Waals surface area contributed by atoms with Crippen LogP contribution in [0.5, 0.6) is 0 Å². The fourth-order valence-electron chi connectivity index (χ4n) is 5.14. The van der Waals surface area contributed by atoms with E-state index in [0.717, 1.165) is 25.7 Å². The van der Waals surface area contributed by atoms with Gasteiger partial charge in [-0.25, -0.2) is 0 Å². The largest absolute Gasteiger partial charge is 0.383 e. The Morgan fingerprint density at radius 2 is 1.28 bits per heavy atom. The van der Waals surface area contributed by atoms with Gasteiger partial charge < -0.3 is 0 Å². The summed E-state index contributed by atoms with van der Waals surface area (Å²) in [7, 11) is 0. The van der Waals surface area contributed by atoms with Crippen LogP contribution in [0, 0.1) is 0 Å². The van der Waals surface area contributed by atoms with Crippen molar-refractivity contribution in [2.75, 3.05) is 0 Å². The number of carbonyl (C=O) groups is 2. The van der Waals surface area contributed by atoms with Gasteiger partial charge in [-0.3, -0.25) is 9.59 Å². The molecule has 6 rings (SSSR count). The fraction of sp³-hybridized carbons (Fsp3) is 0.333. The number of rotatable bonds is 0. The van der Waals surface area contributed by atoms with Gasteiger partial charge in [0.1, 0.15) is 12.1 Å². The van der Waals surface area contributed by atoms with Crippen molar-refractivity contribution < 1.29 is 18.9 Å². The van der Waals surface area contributed by atoms with Crippen molar-refractivity contribution >= 4 is 11.8 Å². The fourth-order valence-corrected chi connectivity index (χ4v) is 5.14. The van der Waals surface area contributed by atoms with Crippen molar-refractivity contribution in [3.8, 4) is 0 Å². The minimum absolute atomic E-state index is 0.000648. The zero-order valence-corrected chi connectivity index (χ0v) is 13.7. The van der Waals surface area contributed by atoms with Crippen molar-refractivity contribution in [1.82, 2.24) is 14.9 Å². The highest BCUT2D eigenvalue weighted by molar-refractivity contribution is 5.96.